The molecule has 2 heterocycles. The molecule has 0 spiro atoms. The van der Waals surface area contributed by atoms with Crippen LogP contribution in [0, 0.1) is 5.82 Å². The van der Waals surface area contributed by atoms with Gasteiger partial charge in [-0.1, -0.05) is 6.07 Å². The Balaban J connectivity index is 2.14. The van der Waals surface area contributed by atoms with Gasteiger partial charge in [-0.15, -0.1) is 11.6 Å². The van der Waals surface area contributed by atoms with Crippen LogP contribution < -0.4 is 0 Å². The standard InChI is InChI=1S/C15H17ClFN3O/c1-9(16)15-18-14-11(17)4-3-5-12(14)20(15)10-6-7-13(21)19(2)8-10/h3-5,9-10H,6-8H2,1-2H3. The SMILES string of the molecule is CC(Cl)c1nc2c(F)cccc2n1C1CCC(=O)N(C)C1. The molecule has 4 nitrogen and oxygen atoms in total. The molecule has 1 aromatic heterocycles. The number of carbonyl (C=O) groups excluding carboxylic acids is 1. The molecule has 6 heteroatoms. The molecule has 3 rings (SSSR count). The van der Waals surface area contributed by atoms with Gasteiger partial charge in [0.15, 0.2) is 5.82 Å². The Morgan fingerprint density at radius 2 is 2.24 bits per heavy atom. The Hall–Kier alpha value is -1.62. The summed E-state index contributed by atoms with van der Waals surface area (Å²) in [5.74, 6) is 0.455. The van der Waals surface area contributed by atoms with Gasteiger partial charge in [-0.25, -0.2) is 9.37 Å². The van der Waals surface area contributed by atoms with E-state index < -0.39 is 0 Å². The topological polar surface area (TPSA) is 38.1 Å². The Labute approximate surface area is 127 Å². The minimum atomic E-state index is -0.343. The molecule has 2 atom stereocenters. The van der Waals surface area contributed by atoms with E-state index in [4.69, 9.17) is 11.6 Å². The van der Waals surface area contributed by atoms with Gasteiger partial charge in [-0.3, -0.25) is 4.79 Å². The van der Waals surface area contributed by atoms with Crippen molar-refractivity contribution in [1.82, 2.24) is 14.5 Å². The summed E-state index contributed by atoms with van der Waals surface area (Å²) in [6.07, 6.45) is 1.22. The van der Waals surface area contributed by atoms with Crippen LogP contribution >= 0.6 is 11.6 Å². The van der Waals surface area contributed by atoms with Crippen molar-refractivity contribution in [1.29, 1.82) is 0 Å². The fraction of sp³-hybridized carbons (Fsp3) is 0.467. The van der Waals surface area contributed by atoms with Crippen LogP contribution in [0.1, 0.15) is 37.0 Å². The van der Waals surface area contributed by atoms with E-state index in [0.717, 1.165) is 11.9 Å². The Morgan fingerprint density at radius 3 is 2.90 bits per heavy atom. The quantitative estimate of drug-likeness (QED) is 0.799. The Morgan fingerprint density at radius 1 is 1.48 bits per heavy atom. The van der Waals surface area contributed by atoms with Crippen molar-refractivity contribution in [3.63, 3.8) is 0 Å². The number of imidazole rings is 1. The van der Waals surface area contributed by atoms with Gasteiger partial charge in [-0.05, 0) is 25.5 Å². The molecule has 1 aliphatic rings. The van der Waals surface area contributed by atoms with Crippen LogP contribution in [0.4, 0.5) is 4.39 Å². The highest BCUT2D eigenvalue weighted by atomic mass is 35.5. The monoisotopic (exact) mass is 309 g/mol. The van der Waals surface area contributed by atoms with Gasteiger partial charge in [0.2, 0.25) is 5.91 Å². The lowest BCUT2D eigenvalue weighted by molar-refractivity contribution is -0.132. The van der Waals surface area contributed by atoms with Crippen LogP contribution in [0.3, 0.4) is 0 Å². The maximum Gasteiger partial charge on any atom is 0.222 e. The van der Waals surface area contributed by atoms with E-state index >= 15 is 0 Å². The number of halogens is 2. The number of hydrogen-bond acceptors (Lipinski definition) is 2. The van der Waals surface area contributed by atoms with Crippen LogP contribution in [0.15, 0.2) is 18.2 Å². The molecule has 112 valence electrons. The zero-order valence-corrected chi connectivity index (χ0v) is 12.8. The number of fused-ring (bicyclic) bond motifs is 1. The van der Waals surface area contributed by atoms with Gasteiger partial charge in [0.25, 0.3) is 0 Å². The first kappa shape index (κ1) is 14.3. The minimum absolute atomic E-state index is 0.0794. The Kier molecular flexibility index (Phi) is 3.61. The predicted octanol–water partition coefficient (Wildman–Crippen LogP) is 3.27. The van der Waals surface area contributed by atoms with E-state index in [1.54, 1.807) is 18.0 Å². The highest BCUT2D eigenvalue weighted by molar-refractivity contribution is 6.20. The third-order valence-electron chi connectivity index (χ3n) is 4.02. The summed E-state index contributed by atoms with van der Waals surface area (Å²) in [5.41, 5.74) is 1.09. The van der Waals surface area contributed by atoms with Crippen LogP contribution in [-0.4, -0.2) is 34.0 Å². The van der Waals surface area contributed by atoms with Gasteiger partial charge in [-0.2, -0.15) is 0 Å². The number of rotatable bonds is 2. The molecule has 1 amide bonds. The number of amides is 1. The first-order chi connectivity index (χ1) is 9.99. The lowest BCUT2D eigenvalue weighted by atomic mass is 10.0. The molecule has 2 aromatic rings. The number of para-hydroxylation sites is 1. The molecular weight excluding hydrogens is 293 g/mol. The van der Waals surface area contributed by atoms with Gasteiger partial charge >= 0.3 is 0 Å². The fourth-order valence-electron chi connectivity index (χ4n) is 2.97. The zero-order valence-electron chi connectivity index (χ0n) is 12.0. The van der Waals surface area contributed by atoms with E-state index in [2.05, 4.69) is 4.98 Å². The minimum Gasteiger partial charge on any atom is -0.344 e. The number of likely N-dealkylation sites (tertiary alicyclic amines) is 1. The maximum atomic E-state index is 14.0. The molecule has 1 aromatic carbocycles. The summed E-state index contributed by atoms with van der Waals surface area (Å²) in [6, 6.07) is 5.01. The third kappa shape index (κ3) is 2.39. The summed E-state index contributed by atoms with van der Waals surface area (Å²) in [7, 11) is 1.79. The molecule has 1 saturated heterocycles. The summed E-state index contributed by atoms with van der Waals surface area (Å²) < 4.78 is 16.0. The number of nitrogens with zero attached hydrogens (tertiary/aromatic N) is 3. The van der Waals surface area contributed by atoms with Crippen LogP contribution in [0.5, 0.6) is 0 Å². The summed E-state index contributed by atoms with van der Waals surface area (Å²) in [5, 5.41) is -0.320. The third-order valence-corrected chi connectivity index (χ3v) is 4.22. The van der Waals surface area contributed by atoms with Crippen LogP contribution in [-0.2, 0) is 4.79 Å². The second kappa shape index (κ2) is 5.30. The first-order valence-electron chi connectivity index (χ1n) is 7.03. The van der Waals surface area contributed by atoms with Crippen molar-refractivity contribution >= 4 is 28.5 Å². The van der Waals surface area contributed by atoms with Crippen molar-refractivity contribution in [3.8, 4) is 0 Å². The summed E-state index contributed by atoms with van der Waals surface area (Å²) in [6.45, 7) is 2.42. The molecule has 0 N–H and O–H groups in total. The number of alkyl halides is 1. The molecule has 1 aliphatic heterocycles. The molecule has 0 radical (unpaired) electrons. The lowest BCUT2D eigenvalue weighted by Crippen LogP contribution is -2.38. The molecule has 0 bridgehead atoms. The van der Waals surface area contributed by atoms with E-state index in [9.17, 15) is 9.18 Å². The summed E-state index contributed by atoms with van der Waals surface area (Å²) in [4.78, 5) is 17.8. The largest absolute Gasteiger partial charge is 0.344 e. The second-order valence-electron chi connectivity index (χ2n) is 5.53. The second-order valence-corrected chi connectivity index (χ2v) is 6.18. The molecule has 21 heavy (non-hydrogen) atoms. The highest BCUT2D eigenvalue weighted by Gasteiger charge is 2.28. The lowest BCUT2D eigenvalue weighted by Gasteiger charge is -2.32. The van der Waals surface area contributed by atoms with Crippen LogP contribution in [0.25, 0.3) is 11.0 Å². The van der Waals surface area contributed by atoms with E-state index in [0.29, 0.717) is 24.3 Å². The number of piperidine rings is 1. The smallest absolute Gasteiger partial charge is 0.222 e. The number of benzene rings is 1. The molecule has 0 aliphatic carbocycles. The van der Waals surface area contributed by atoms with Crippen molar-refractivity contribution in [2.45, 2.75) is 31.2 Å². The number of likely N-dealkylation sites (N-methyl/N-ethyl adjacent to an activating group) is 1. The van der Waals surface area contributed by atoms with Crippen LogP contribution in [0.2, 0.25) is 0 Å². The number of aromatic nitrogens is 2. The van der Waals surface area contributed by atoms with E-state index in [1.165, 1.54) is 6.07 Å². The maximum absolute atomic E-state index is 14.0. The zero-order chi connectivity index (χ0) is 15.1. The van der Waals surface area contributed by atoms with Crippen molar-refractivity contribution in [2.24, 2.45) is 0 Å². The molecule has 2 unspecified atom stereocenters. The number of hydrogen-bond donors (Lipinski definition) is 0. The van der Waals surface area contributed by atoms with Gasteiger partial charge in [0.05, 0.1) is 16.9 Å². The highest BCUT2D eigenvalue weighted by Crippen LogP contribution is 2.32. The normalized spacial score (nSPS) is 21.0. The predicted molar refractivity (Wildman–Crippen MR) is 79.9 cm³/mol. The first-order valence-corrected chi connectivity index (χ1v) is 7.47. The van der Waals surface area contributed by atoms with Crippen molar-refractivity contribution in [2.75, 3.05) is 13.6 Å². The number of carbonyl (C=O) groups is 1. The van der Waals surface area contributed by atoms with Crippen molar-refractivity contribution < 1.29 is 9.18 Å². The molecular formula is C15H17ClFN3O. The fourth-order valence-corrected chi connectivity index (χ4v) is 3.12. The average Bonchev–Trinajstić information content (AvgIpc) is 2.83. The van der Waals surface area contributed by atoms with Gasteiger partial charge in [0, 0.05) is 20.0 Å². The molecule has 0 saturated carbocycles. The van der Waals surface area contributed by atoms with E-state index in [1.807, 2.05) is 17.6 Å². The van der Waals surface area contributed by atoms with Gasteiger partial charge < -0.3 is 9.47 Å². The molecule has 1 fully saturated rings. The summed E-state index contributed by atoms with van der Waals surface area (Å²) >= 11 is 6.23. The average molecular weight is 310 g/mol. The van der Waals surface area contributed by atoms with E-state index in [-0.39, 0.29) is 23.1 Å². The van der Waals surface area contributed by atoms with Gasteiger partial charge in [0.1, 0.15) is 11.3 Å². The Bertz CT molecular complexity index is 698. The van der Waals surface area contributed by atoms with Crippen molar-refractivity contribution in [3.05, 3.63) is 29.8 Å².